The summed E-state index contributed by atoms with van der Waals surface area (Å²) < 4.78 is 13.0. The highest BCUT2D eigenvalue weighted by Crippen LogP contribution is 2.42. The maximum atomic E-state index is 13.0. The number of hydrogen-bond acceptors (Lipinski definition) is 5. The molecule has 21 heavy (non-hydrogen) atoms. The molecule has 1 saturated carbocycles. The molecule has 2 aromatic rings. The Morgan fingerprint density at radius 2 is 2.10 bits per heavy atom. The second-order valence-corrected chi connectivity index (χ2v) is 5.05. The number of carbonyl (C=O) groups is 1. The fourth-order valence-corrected chi connectivity index (χ4v) is 2.40. The molecule has 0 unspecified atom stereocenters. The molecule has 0 bridgehead atoms. The number of halogens is 1. The molecule has 0 saturated heterocycles. The number of hydrogen-bond donors (Lipinski definition) is 2. The Morgan fingerprint density at radius 1 is 1.29 bits per heavy atom. The summed E-state index contributed by atoms with van der Waals surface area (Å²) in [6, 6.07) is 4.49. The van der Waals surface area contributed by atoms with E-state index in [0.717, 1.165) is 25.0 Å². The van der Waals surface area contributed by atoms with Crippen molar-refractivity contribution in [3.63, 3.8) is 0 Å². The van der Waals surface area contributed by atoms with Gasteiger partial charge in [0.05, 0.1) is 17.4 Å². The van der Waals surface area contributed by atoms with Crippen LogP contribution in [0.25, 0.3) is 0 Å². The maximum Gasteiger partial charge on any atom is 0.267 e. The van der Waals surface area contributed by atoms with Crippen LogP contribution in [0.5, 0.6) is 0 Å². The fraction of sp³-hybridized carbons (Fsp3) is 0.286. The highest BCUT2D eigenvalue weighted by Gasteiger charge is 2.40. The average Bonchev–Trinajstić information content (AvgIpc) is 2.44. The van der Waals surface area contributed by atoms with E-state index in [4.69, 9.17) is 5.73 Å². The number of amides is 1. The van der Waals surface area contributed by atoms with Gasteiger partial charge in [0.15, 0.2) is 0 Å². The third kappa shape index (κ3) is 2.54. The number of primary amides is 1. The van der Waals surface area contributed by atoms with E-state index in [0.29, 0.717) is 5.95 Å². The molecule has 108 valence electrons. The third-order valence-corrected chi connectivity index (χ3v) is 3.68. The number of carbonyl (C=O) groups excluding carboxylic acids is 1. The Hall–Kier alpha value is -2.57. The highest BCUT2D eigenvalue weighted by molar-refractivity contribution is 5.90. The molecular formula is C14H14FN5O. The van der Waals surface area contributed by atoms with E-state index in [1.807, 2.05) is 0 Å². The molecule has 1 fully saturated rings. The monoisotopic (exact) mass is 287 g/mol. The minimum atomic E-state index is -0.608. The minimum Gasteiger partial charge on any atom is -0.364 e. The molecule has 1 aliphatic rings. The van der Waals surface area contributed by atoms with Crippen LogP contribution in [0, 0.1) is 5.82 Å². The van der Waals surface area contributed by atoms with Crippen molar-refractivity contribution >= 4 is 11.9 Å². The summed E-state index contributed by atoms with van der Waals surface area (Å²) in [4.78, 5) is 23.5. The predicted octanol–water partition coefficient (Wildman–Crippen LogP) is 1.60. The molecule has 3 N–H and O–H groups in total. The number of anilines is 1. The molecule has 1 amide bonds. The SMILES string of the molecule is NC(=O)c1ccnc(NC2(c3ccc(F)cn3)CCC2)n1. The second-order valence-electron chi connectivity index (χ2n) is 5.05. The van der Waals surface area contributed by atoms with Crippen molar-refractivity contribution < 1.29 is 9.18 Å². The topological polar surface area (TPSA) is 93.8 Å². The van der Waals surface area contributed by atoms with Crippen molar-refractivity contribution in [3.8, 4) is 0 Å². The first-order valence-electron chi connectivity index (χ1n) is 6.62. The van der Waals surface area contributed by atoms with Crippen molar-refractivity contribution in [2.24, 2.45) is 5.73 Å². The van der Waals surface area contributed by atoms with E-state index in [1.165, 1.54) is 24.5 Å². The molecule has 6 nitrogen and oxygen atoms in total. The fourth-order valence-electron chi connectivity index (χ4n) is 2.40. The van der Waals surface area contributed by atoms with Crippen molar-refractivity contribution in [2.45, 2.75) is 24.8 Å². The molecular weight excluding hydrogens is 273 g/mol. The van der Waals surface area contributed by atoms with Crippen LogP contribution >= 0.6 is 0 Å². The molecule has 2 heterocycles. The zero-order chi connectivity index (χ0) is 14.9. The standard InChI is InChI=1S/C14H14FN5O/c15-9-2-3-11(18-8-9)14(5-1-6-14)20-13-17-7-4-10(19-13)12(16)21/h2-4,7-8H,1,5-6H2,(H2,16,21)(H,17,19,20). The number of pyridine rings is 1. The lowest BCUT2D eigenvalue weighted by Gasteiger charge is -2.42. The number of nitrogens with zero attached hydrogens (tertiary/aromatic N) is 3. The summed E-state index contributed by atoms with van der Waals surface area (Å²) in [6.45, 7) is 0. The number of aromatic nitrogens is 3. The first-order valence-corrected chi connectivity index (χ1v) is 6.62. The van der Waals surface area contributed by atoms with E-state index < -0.39 is 11.4 Å². The van der Waals surface area contributed by atoms with Gasteiger partial charge in [-0.15, -0.1) is 0 Å². The van der Waals surface area contributed by atoms with Gasteiger partial charge in [-0.2, -0.15) is 0 Å². The van der Waals surface area contributed by atoms with E-state index >= 15 is 0 Å². The van der Waals surface area contributed by atoms with Gasteiger partial charge in [-0.25, -0.2) is 14.4 Å². The molecule has 1 aliphatic carbocycles. The first kappa shape index (κ1) is 13.4. The summed E-state index contributed by atoms with van der Waals surface area (Å²) in [7, 11) is 0. The van der Waals surface area contributed by atoms with Crippen LogP contribution in [0.4, 0.5) is 10.3 Å². The molecule has 2 aromatic heterocycles. The molecule has 7 heteroatoms. The van der Waals surface area contributed by atoms with Crippen LogP contribution in [0.2, 0.25) is 0 Å². The van der Waals surface area contributed by atoms with Crippen LogP contribution in [-0.2, 0) is 5.54 Å². The van der Waals surface area contributed by atoms with Gasteiger partial charge in [0.25, 0.3) is 5.91 Å². The van der Waals surface area contributed by atoms with Crippen molar-refractivity contribution in [2.75, 3.05) is 5.32 Å². The molecule has 0 spiro atoms. The predicted molar refractivity (Wildman–Crippen MR) is 73.9 cm³/mol. The Kier molecular flexibility index (Phi) is 3.25. The number of nitrogens with two attached hydrogens (primary N) is 1. The van der Waals surface area contributed by atoms with Gasteiger partial charge < -0.3 is 11.1 Å². The van der Waals surface area contributed by atoms with Gasteiger partial charge in [-0.05, 0) is 37.5 Å². The highest BCUT2D eigenvalue weighted by atomic mass is 19.1. The van der Waals surface area contributed by atoms with Crippen molar-refractivity contribution in [1.29, 1.82) is 0 Å². The lowest BCUT2D eigenvalue weighted by molar-refractivity contribution is 0.0995. The molecule has 0 atom stereocenters. The Morgan fingerprint density at radius 3 is 2.67 bits per heavy atom. The molecule has 0 aliphatic heterocycles. The Balaban J connectivity index is 1.89. The average molecular weight is 287 g/mol. The Bertz CT molecular complexity index is 669. The van der Waals surface area contributed by atoms with E-state index in [9.17, 15) is 9.18 Å². The zero-order valence-corrected chi connectivity index (χ0v) is 11.2. The number of rotatable bonds is 4. The van der Waals surface area contributed by atoms with Gasteiger partial charge in [0, 0.05) is 6.20 Å². The minimum absolute atomic E-state index is 0.147. The van der Waals surface area contributed by atoms with Crippen molar-refractivity contribution in [1.82, 2.24) is 15.0 Å². The van der Waals surface area contributed by atoms with Crippen LogP contribution in [0.1, 0.15) is 35.4 Å². The molecule has 0 radical (unpaired) electrons. The van der Waals surface area contributed by atoms with Crippen LogP contribution < -0.4 is 11.1 Å². The maximum absolute atomic E-state index is 13.0. The summed E-state index contributed by atoms with van der Waals surface area (Å²) >= 11 is 0. The summed E-state index contributed by atoms with van der Waals surface area (Å²) in [5.41, 5.74) is 5.68. The lowest BCUT2D eigenvalue weighted by Crippen LogP contribution is -2.43. The zero-order valence-electron chi connectivity index (χ0n) is 11.2. The van der Waals surface area contributed by atoms with E-state index in [-0.39, 0.29) is 11.5 Å². The normalized spacial score (nSPS) is 16.0. The van der Waals surface area contributed by atoms with Gasteiger partial charge >= 0.3 is 0 Å². The summed E-state index contributed by atoms with van der Waals surface area (Å²) in [6.07, 6.45) is 5.38. The smallest absolute Gasteiger partial charge is 0.267 e. The molecule has 3 rings (SSSR count). The second kappa shape index (κ2) is 5.08. The van der Waals surface area contributed by atoms with E-state index in [1.54, 1.807) is 6.07 Å². The van der Waals surface area contributed by atoms with Gasteiger partial charge in [-0.3, -0.25) is 9.78 Å². The van der Waals surface area contributed by atoms with E-state index in [2.05, 4.69) is 20.3 Å². The third-order valence-electron chi connectivity index (χ3n) is 3.68. The lowest BCUT2D eigenvalue weighted by atomic mass is 9.74. The Labute approximate surface area is 120 Å². The van der Waals surface area contributed by atoms with Crippen LogP contribution in [0.3, 0.4) is 0 Å². The first-order chi connectivity index (χ1) is 10.1. The number of nitrogens with one attached hydrogen (secondary N) is 1. The van der Waals surface area contributed by atoms with Crippen molar-refractivity contribution in [3.05, 3.63) is 47.8 Å². The summed E-state index contributed by atoms with van der Waals surface area (Å²) in [5, 5.41) is 3.21. The summed E-state index contributed by atoms with van der Waals surface area (Å²) in [5.74, 6) is -0.666. The molecule has 0 aromatic carbocycles. The van der Waals surface area contributed by atoms with Gasteiger partial charge in [0.2, 0.25) is 5.95 Å². The van der Waals surface area contributed by atoms with Crippen LogP contribution in [0.15, 0.2) is 30.6 Å². The van der Waals surface area contributed by atoms with Crippen LogP contribution in [-0.4, -0.2) is 20.9 Å². The quantitative estimate of drug-likeness (QED) is 0.890. The van der Waals surface area contributed by atoms with Gasteiger partial charge in [0.1, 0.15) is 11.5 Å². The largest absolute Gasteiger partial charge is 0.364 e. The van der Waals surface area contributed by atoms with Gasteiger partial charge in [-0.1, -0.05) is 0 Å².